The van der Waals surface area contributed by atoms with Gasteiger partial charge in [0, 0.05) is 11.1 Å². The number of benzene rings is 1. The summed E-state index contributed by atoms with van der Waals surface area (Å²) in [4.78, 5) is 25.2. The van der Waals surface area contributed by atoms with E-state index in [1.165, 1.54) is 0 Å². The molecule has 2 saturated heterocycles. The Balaban J connectivity index is 1.92. The Morgan fingerprint density at radius 1 is 0.932 bits per heavy atom. The van der Waals surface area contributed by atoms with Crippen molar-refractivity contribution in [2.45, 2.75) is 136 Å². The molecule has 2 fully saturated rings. The highest BCUT2D eigenvalue weighted by Crippen LogP contribution is 2.40. The molecule has 0 spiro atoms. The van der Waals surface area contributed by atoms with Crippen molar-refractivity contribution in [3.63, 3.8) is 0 Å². The van der Waals surface area contributed by atoms with Crippen LogP contribution in [0.5, 0.6) is 11.5 Å². The molecule has 0 amide bonds. The van der Waals surface area contributed by atoms with Crippen LogP contribution in [0.15, 0.2) is 23.8 Å². The van der Waals surface area contributed by atoms with Crippen molar-refractivity contribution in [3.05, 3.63) is 34.9 Å². The summed E-state index contributed by atoms with van der Waals surface area (Å²) >= 11 is 0. The van der Waals surface area contributed by atoms with Gasteiger partial charge in [-0.25, -0.2) is 4.79 Å². The van der Waals surface area contributed by atoms with Crippen LogP contribution in [0.1, 0.15) is 78.9 Å². The number of rotatable bonds is 10. The maximum absolute atomic E-state index is 12.8. The molecule has 0 aliphatic carbocycles. The number of aliphatic hydroxyl groups is 3. The van der Waals surface area contributed by atoms with Crippen LogP contribution >= 0.6 is 0 Å². The first-order chi connectivity index (χ1) is 20.6. The largest absolute Gasteiger partial charge is 0.504 e. The van der Waals surface area contributed by atoms with Gasteiger partial charge in [-0.2, -0.15) is 0 Å². The number of carbonyl (C=O) groups excluding carboxylic acids is 2. The Morgan fingerprint density at radius 3 is 2.14 bits per heavy atom. The quantitative estimate of drug-likeness (QED) is 0.222. The van der Waals surface area contributed by atoms with E-state index < -0.39 is 79.3 Å². The van der Waals surface area contributed by atoms with Crippen molar-refractivity contribution >= 4 is 11.9 Å². The minimum absolute atomic E-state index is 0.0460. The van der Waals surface area contributed by atoms with E-state index in [0.717, 1.165) is 0 Å². The molecular formula is C32H48O12. The van der Waals surface area contributed by atoms with Crippen LogP contribution in [-0.2, 0) is 33.3 Å². The minimum atomic E-state index is -1.70. The fourth-order valence-corrected chi connectivity index (χ4v) is 4.97. The molecule has 0 radical (unpaired) electrons. The van der Waals surface area contributed by atoms with Crippen LogP contribution in [0.25, 0.3) is 0 Å². The van der Waals surface area contributed by atoms with E-state index >= 15 is 0 Å². The Morgan fingerprint density at radius 2 is 1.55 bits per heavy atom. The first kappa shape index (κ1) is 35.7. The molecule has 44 heavy (non-hydrogen) atoms. The number of carbonyl (C=O) groups is 2. The van der Waals surface area contributed by atoms with Crippen molar-refractivity contribution in [3.8, 4) is 11.5 Å². The Labute approximate surface area is 258 Å². The van der Waals surface area contributed by atoms with E-state index in [-0.39, 0.29) is 17.4 Å². The average molecular weight is 625 g/mol. The number of esters is 2. The minimum Gasteiger partial charge on any atom is -0.504 e. The summed E-state index contributed by atoms with van der Waals surface area (Å²) in [5.74, 6) is -1.68. The Hall–Kier alpha value is -2.74. The van der Waals surface area contributed by atoms with Crippen molar-refractivity contribution in [1.82, 2.24) is 0 Å². The van der Waals surface area contributed by atoms with Crippen LogP contribution < -0.4 is 4.74 Å². The summed E-state index contributed by atoms with van der Waals surface area (Å²) in [7, 11) is 0. The van der Waals surface area contributed by atoms with Gasteiger partial charge >= 0.3 is 11.9 Å². The fourth-order valence-electron chi connectivity index (χ4n) is 4.97. The number of aryl methyl sites for hydroxylation is 1. The highest BCUT2D eigenvalue weighted by Gasteiger charge is 2.53. The monoisotopic (exact) mass is 624 g/mol. The molecule has 2 heterocycles. The van der Waals surface area contributed by atoms with Gasteiger partial charge < -0.3 is 48.8 Å². The smallest absolute Gasteiger partial charge is 0.333 e. The molecule has 12 heteroatoms. The number of allylic oxidation sites excluding steroid dienone is 1. The van der Waals surface area contributed by atoms with Gasteiger partial charge in [0.2, 0.25) is 6.29 Å². The topological polar surface area (TPSA) is 170 Å². The molecule has 2 aliphatic rings. The third kappa shape index (κ3) is 7.72. The summed E-state index contributed by atoms with van der Waals surface area (Å²) < 4.78 is 35.1. The average Bonchev–Trinajstić information content (AvgIpc) is 2.98. The summed E-state index contributed by atoms with van der Waals surface area (Å²) in [5, 5.41) is 44.3. The van der Waals surface area contributed by atoms with Crippen molar-refractivity contribution in [2.24, 2.45) is 5.92 Å². The van der Waals surface area contributed by atoms with Crippen molar-refractivity contribution < 1.29 is 58.4 Å². The maximum Gasteiger partial charge on any atom is 0.333 e. The molecule has 0 bridgehead atoms. The zero-order chi connectivity index (χ0) is 33.0. The number of aliphatic hydroxyl groups excluding tert-OH is 3. The van der Waals surface area contributed by atoms with E-state index in [2.05, 4.69) is 0 Å². The number of ether oxygens (including phenoxy) is 6. The lowest BCUT2D eigenvalue weighted by atomic mass is 9.96. The molecule has 2 aliphatic heterocycles. The number of phenolic OH excluding ortho intramolecular Hbond substituents is 1. The summed E-state index contributed by atoms with van der Waals surface area (Å²) in [6, 6.07) is 3.57. The first-order valence-corrected chi connectivity index (χ1v) is 15.2. The molecule has 1 aromatic rings. The third-order valence-corrected chi connectivity index (χ3v) is 8.30. The predicted molar refractivity (Wildman–Crippen MR) is 158 cm³/mol. The van der Waals surface area contributed by atoms with E-state index in [0.29, 0.717) is 23.1 Å². The van der Waals surface area contributed by atoms with Crippen LogP contribution in [-0.4, -0.2) is 93.8 Å². The van der Waals surface area contributed by atoms with E-state index in [4.69, 9.17) is 28.4 Å². The molecule has 1 aromatic carbocycles. The molecule has 3 rings (SSSR count). The van der Waals surface area contributed by atoms with Gasteiger partial charge in [0.15, 0.2) is 30.0 Å². The number of hydrogen-bond acceptors (Lipinski definition) is 12. The van der Waals surface area contributed by atoms with Gasteiger partial charge in [-0.05, 0) is 52.5 Å². The van der Waals surface area contributed by atoms with E-state index in [1.807, 2.05) is 26.8 Å². The van der Waals surface area contributed by atoms with E-state index in [9.17, 15) is 30.0 Å². The van der Waals surface area contributed by atoms with E-state index in [1.54, 1.807) is 53.7 Å². The summed E-state index contributed by atoms with van der Waals surface area (Å²) in [5.41, 5.74) is 1.53. The van der Waals surface area contributed by atoms with Gasteiger partial charge in [-0.15, -0.1) is 0 Å². The lowest BCUT2D eigenvalue weighted by Gasteiger charge is -2.46. The molecule has 0 unspecified atom stereocenters. The summed E-state index contributed by atoms with van der Waals surface area (Å²) in [6.45, 7) is 15.4. The molecular weight excluding hydrogens is 576 g/mol. The molecule has 0 aromatic heterocycles. The normalized spacial score (nSPS) is 33.5. The van der Waals surface area contributed by atoms with Gasteiger partial charge in [-0.1, -0.05) is 45.9 Å². The second kappa shape index (κ2) is 15.0. The van der Waals surface area contributed by atoms with Crippen molar-refractivity contribution in [2.75, 3.05) is 0 Å². The Bertz CT molecular complexity index is 1180. The molecule has 4 N–H and O–H groups in total. The Kier molecular flexibility index (Phi) is 12.2. The highest BCUT2D eigenvalue weighted by atomic mass is 16.7. The molecule has 0 saturated carbocycles. The molecule has 11 atom stereocenters. The molecule has 248 valence electrons. The first-order valence-electron chi connectivity index (χ1n) is 15.2. The lowest BCUT2D eigenvalue weighted by Crippen LogP contribution is -2.65. The highest BCUT2D eigenvalue weighted by molar-refractivity contribution is 5.87. The van der Waals surface area contributed by atoms with Crippen LogP contribution in [0.3, 0.4) is 0 Å². The van der Waals surface area contributed by atoms with Gasteiger partial charge in [0.05, 0.1) is 18.1 Å². The summed E-state index contributed by atoms with van der Waals surface area (Å²) in [6.07, 6.45) is -11.3. The number of phenols is 1. The third-order valence-electron chi connectivity index (χ3n) is 8.30. The fraction of sp³-hybridized carbons (Fsp3) is 0.688. The van der Waals surface area contributed by atoms with Crippen LogP contribution in [0.4, 0.5) is 0 Å². The van der Waals surface area contributed by atoms with Gasteiger partial charge in [0.1, 0.15) is 24.4 Å². The predicted octanol–water partition coefficient (Wildman–Crippen LogP) is 3.00. The lowest BCUT2D eigenvalue weighted by molar-refractivity contribution is -0.347. The van der Waals surface area contributed by atoms with Gasteiger partial charge in [0.25, 0.3) is 0 Å². The second-order valence-corrected chi connectivity index (χ2v) is 12.0. The maximum atomic E-state index is 12.8. The standard InChI is InChI=1S/C32H48O12/c1-10-15(5)29(37)41-25-18(8)39-31(23(35)22(25)34)44-28-24(36)32(40-19(9)26(28)42-30(38)16(6)11-2)43-27-20(14(3)4)13-12-17(7)21(27)33/h11-15,18-19,22-26,28,31-36H,10H2,1-9H3/b16-11-/t15-,18-,19-,22-,23-,24-,25+,26-,28-,31+,32+/m1/s1. The number of aromatic hydroxyl groups is 1. The number of hydrogen-bond donors (Lipinski definition) is 4. The second-order valence-electron chi connectivity index (χ2n) is 12.0. The zero-order valence-electron chi connectivity index (χ0n) is 26.9. The SMILES string of the molecule is C/C=C(/C)C(=O)O[C@H]1[C@H](O[C@@H]2O[C@H](C)[C@H](OC(=O)[C@H](C)CC)[C@H](O)[C@H]2O)[C@@H](O)[C@H](Oc2c(C(C)C)ccc(C)c2O)O[C@@H]1C. The zero-order valence-corrected chi connectivity index (χ0v) is 26.9. The van der Waals surface area contributed by atoms with Gasteiger partial charge in [-0.3, -0.25) is 4.79 Å². The van der Waals surface area contributed by atoms with Crippen LogP contribution in [0.2, 0.25) is 0 Å². The van der Waals surface area contributed by atoms with Crippen molar-refractivity contribution in [1.29, 1.82) is 0 Å². The van der Waals surface area contributed by atoms with Crippen LogP contribution in [0, 0.1) is 12.8 Å². The molecule has 12 nitrogen and oxygen atoms in total.